The molecule has 0 aliphatic heterocycles. The van der Waals surface area contributed by atoms with Crippen LogP contribution >= 0.6 is 0 Å². The monoisotopic (exact) mass is 202 g/mol. The van der Waals surface area contributed by atoms with E-state index in [0.29, 0.717) is 0 Å². The average molecular weight is 202 g/mol. The maximum Gasteiger partial charge on any atom is 0.396 e. The Balaban J connectivity index is 4.28. The smallest absolute Gasteiger partial charge is 0.396 e. The first kappa shape index (κ1) is 12.4. The molecule has 0 aromatic rings. The molecular formula is C8H14N2O4. The molecule has 0 rings (SSSR count). The van der Waals surface area contributed by atoms with Crippen molar-refractivity contribution in [2.75, 3.05) is 7.11 Å². The van der Waals surface area contributed by atoms with Crippen LogP contribution in [0.4, 0.5) is 0 Å². The van der Waals surface area contributed by atoms with Crippen molar-refractivity contribution in [2.24, 2.45) is 5.73 Å². The van der Waals surface area contributed by atoms with Crippen molar-refractivity contribution in [3.63, 3.8) is 0 Å². The van der Waals surface area contributed by atoms with Gasteiger partial charge in [0.05, 0.1) is 7.11 Å². The number of carbonyl (C=O) groups excluding carboxylic acids is 3. The Kier molecular flexibility index (Phi) is 4.07. The molecule has 0 atom stereocenters. The highest BCUT2D eigenvalue weighted by Gasteiger charge is 2.26. The van der Waals surface area contributed by atoms with E-state index in [0.717, 1.165) is 7.11 Å². The zero-order valence-corrected chi connectivity index (χ0v) is 8.42. The fraction of sp³-hybridized carbons (Fsp3) is 0.625. The lowest BCUT2D eigenvalue weighted by atomic mass is 10.0. The predicted octanol–water partition coefficient (Wildman–Crippen LogP) is -1.07. The van der Waals surface area contributed by atoms with Crippen LogP contribution < -0.4 is 11.1 Å². The van der Waals surface area contributed by atoms with Crippen molar-refractivity contribution in [3.8, 4) is 0 Å². The van der Waals surface area contributed by atoms with E-state index in [2.05, 4.69) is 10.1 Å². The van der Waals surface area contributed by atoms with Crippen molar-refractivity contribution in [2.45, 2.75) is 25.8 Å². The number of hydrogen-bond acceptors (Lipinski definition) is 4. The first-order valence-corrected chi connectivity index (χ1v) is 3.97. The van der Waals surface area contributed by atoms with Crippen LogP contribution in [0.25, 0.3) is 0 Å². The highest BCUT2D eigenvalue weighted by molar-refractivity contribution is 6.32. The van der Waals surface area contributed by atoms with E-state index in [9.17, 15) is 14.4 Å². The second kappa shape index (κ2) is 4.59. The van der Waals surface area contributed by atoms with Gasteiger partial charge in [-0.3, -0.25) is 9.59 Å². The summed E-state index contributed by atoms with van der Waals surface area (Å²) in [5.41, 5.74) is 4.11. The van der Waals surface area contributed by atoms with Crippen molar-refractivity contribution in [1.29, 1.82) is 0 Å². The fourth-order valence-corrected chi connectivity index (χ4v) is 0.931. The van der Waals surface area contributed by atoms with Crippen LogP contribution in [-0.2, 0) is 19.1 Å². The highest BCUT2D eigenvalue weighted by atomic mass is 16.5. The van der Waals surface area contributed by atoms with Crippen LogP contribution in [0, 0.1) is 0 Å². The van der Waals surface area contributed by atoms with Gasteiger partial charge in [-0.1, -0.05) is 0 Å². The van der Waals surface area contributed by atoms with Crippen LogP contribution in [-0.4, -0.2) is 30.4 Å². The van der Waals surface area contributed by atoms with E-state index in [1.165, 1.54) is 0 Å². The van der Waals surface area contributed by atoms with Gasteiger partial charge in [0.25, 0.3) is 0 Å². The quantitative estimate of drug-likeness (QED) is 0.449. The summed E-state index contributed by atoms with van der Waals surface area (Å²) in [6.07, 6.45) is -0.0459. The minimum Gasteiger partial charge on any atom is -0.462 e. The standard InChI is InChI=1S/C8H14N2O4/c1-8(2,4-5(9)11)10-6(12)7(13)14-3/h4H2,1-3H3,(H2,9,11)(H,10,12). The SMILES string of the molecule is COC(=O)C(=O)NC(C)(C)CC(N)=O. The molecule has 0 saturated heterocycles. The van der Waals surface area contributed by atoms with Crippen LogP contribution in [0.15, 0.2) is 0 Å². The number of hydrogen-bond donors (Lipinski definition) is 2. The third-order valence-corrected chi connectivity index (χ3v) is 1.44. The number of rotatable bonds is 3. The number of esters is 1. The van der Waals surface area contributed by atoms with Gasteiger partial charge >= 0.3 is 11.9 Å². The van der Waals surface area contributed by atoms with Crippen molar-refractivity contribution in [1.82, 2.24) is 5.32 Å². The molecule has 0 bridgehead atoms. The van der Waals surface area contributed by atoms with Crippen molar-refractivity contribution < 1.29 is 19.1 Å². The Morgan fingerprint density at radius 1 is 1.36 bits per heavy atom. The van der Waals surface area contributed by atoms with E-state index < -0.39 is 23.3 Å². The molecule has 0 saturated carbocycles. The van der Waals surface area contributed by atoms with E-state index in [1.807, 2.05) is 0 Å². The summed E-state index contributed by atoms with van der Waals surface area (Å²) in [7, 11) is 1.10. The molecule has 6 nitrogen and oxygen atoms in total. The number of methoxy groups -OCH3 is 1. The molecule has 6 heteroatoms. The molecule has 0 aliphatic rings. The van der Waals surface area contributed by atoms with Crippen LogP contribution in [0.3, 0.4) is 0 Å². The molecule has 2 amide bonds. The van der Waals surface area contributed by atoms with Gasteiger partial charge in [-0.15, -0.1) is 0 Å². The minimum atomic E-state index is -0.998. The maximum atomic E-state index is 11.0. The second-order valence-corrected chi connectivity index (χ2v) is 3.47. The number of primary amides is 1. The Labute approximate surface area is 81.8 Å². The van der Waals surface area contributed by atoms with Gasteiger partial charge in [-0.05, 0) is 13.8 Å². The normalized spacial score (nSPS) is 10.5. The van der Waals surface area contributed by atoms with Crippen molar-refractivity contribution >= 4 is 17.8 Å². The first-order chi connectivity index (χ1) is 6.28. The number of carbonyl (C=O) groups is 3. The van der Waals surface area contributed by atoms with E-state index in [4.69, 9.17) is 5.73 Å². The second-order valence-electron chi connectivity index (χ2n) is 3.47. The summed E-state index contributed by atoms with van der Waals surface area (Å²) >= 11 is 0. The van der Waals surface area contributed by atoms with Gasteiger partial charge in [-0.25, -0.2) is 4.79 Å². The molecule has 0 aromatic heterocycles. The zero-order valence-electron chi connectivity index (χ0n) is 8.42. The molecule has 14 heavy (non-hydrogen) atoms. The predicted molar refractivity (Wildman–Crippen MR) is 48.0 cm³/mol. The molecule has 3 N–H and O–H groups in total. The Morgan fingerprint density at radius 2 is 1.86 bits per heavy atom. The third-order valence-electron chi connectivity index (χ3n) is 1.44. The highest BCUT2D eigenvalue weighted by Crippen LogP contribution is 2.06. The molecule has 0 fully saturated rings. The van der Waals surface area contributed by atoms with Gasteiger partial charge in [-0.2, -0.15) is 0 Å². The van der Waals surface area contributed by atoms with Crippen LogP contribution in [0.1, 0.15) is 20.3 Å². The Hall–Kier alpha value is -1.59. The first-order valence-electron chi connectivity index (χ1n) is 3.97. The van der Waals surface area contributed by atoms with Gasteiger partial charge in [0.2, 0.25) is 5.91 Å². The van der Waals surface area contributed by atoms with E-state index >= 15 is 0 Å². The third kappa shape index (κ3) is 4.44. The molecule has 0 spiro atoms. The topological polar surface area (TPSA) is 98.5 Å². The van der Waals surface area contributed by atoms with Crippen LogP contribution in [0.2, 0.25) is 0 Å². The van der Waals surface area contributed by atoms with Crippen LogP contribution in [0.5, 0.6) is 0 Å². The molecule has 0 aliphatic carbocycles. The lowest BCUT2D eigenvalue weighted by molar-refractivity contribution is -0.153. The average Bonchev–Trinajstić information content (AvgIpc) is 1.99. The van der Waals surface area contributed by atoms with E-state index in [-0.39, 0.29) is 6.42 Å². The maximum absolute atomic E-state index is 11.0. The molecule has 0 unspecified atom stereocenters. The lowest BCUT2D eigenvalue weighted by Crippen LogP contribution is -2.48. The van der Waals surface area contributed by atoms with E-state index in [1.54, 1.807) is 13.8 Å². The summed E-state index contributed by atoms with van der Waals surface area (Å²) in [4.78, 5) is 32.3. The fourth-order valence-electron chi connectivity index (χ4n) is 0.931. The van der Waals surface area contributed by atoms with Gasteiger partial charge < -0.3 is 15.8 Å². The summed E-state index contributed by atoms with van der Waals surface area (Å²) in [5, 5.41) is 2.32. The number of nitrogens with two attached hydrogens (primary N) is 1. The summed E-state index contributed by atoms with van der Waals surface area (Å²) < 4.78 is 4.20. The minimum absolute atomic E-state index is 0.0459. The molecule has 0 aromatic carbocycles. The van der Waals surface area contributed by atoms with Gasteiger partial charge in [0.15, 0.2) is 0 Å². The Morgan fingerprint density at radius 3 is 2.21 bits per heavy atom. The molecule has 0 heterocycles. The largest absolute Gasteiger partial charge is 0.462 e. The summed E-state index contributed by atoms with van der Waals surface area (Å²) in [5.74, 6) is -2.44. The van der Waals surface area contributed by atoms with Gasteiger partial charge in [0.1, 0.15) is 0 Å². The lowest BCUT2D eigenvalue weighted by Gasteiger charge is -2.23. The molecular weight excluding hydrogens is 188 g/mol. The number of ether oxygens (including phenoxy) is 1. The Bertz CT molecular complexity index is 260. The zero-order chi connectivity index (χ0) is 11.4. The molecule has 80 valence electrons. The van der Waals surface area contributed by atoms with Crippen molar-refractivity contribution in [3.05, 3.63) is 0 Å². The number of amides is 2. The number of nitrogens with one attached hydrogen (secondary N) is 1. The van der Waals surface area contributed by atoms with Gasteiger partial charge in [0, 0.05) is 12.0 Å². The molecule has 0 radical (unpaired) electrons. The summed E-state index contributed by atoms with van der Waals surface area (Å²) in [6.45, 7) is 3.16. The summed E-state index contributed by atoms with van der Waals surface area (Å²) in [6, 6.07) is 0.